The normalized spacial score (nSPS) is 10.8. The molecule has 0 unspecified atom stereocenters. The number of para-hydroxylation sites is 2. The van der Waals surface area contributed by atoms with Crippen LogP contribution in [0.15, 0.2) is 48.5 Å². The Morgan fingerprint density at radius 3 is 2.42 bits per heavy atom. The number of anilines is 2. The van der Waals surface area contributed by atoms with Crippen molar-refractivity contribution in [3.63, 3.8) is 0 Å². The molecule has 0 amide bonds. The second kappa shape index (κ2) is 10.6. The minimum absolute atomic E-state index is 0.162. The minimum atomic E-state index is 0.162. The van der Waals surface area contributed by atoms with Crippen LogP contribution in [-0.4, -0.2) is 25.8 Å². The molecule has 4 heteroatoms. The molecular formula is C22H32N2O2. The van der Waals surface area contributed by atoms with E-state index in [1.54, 1.807) is 0 Å². The molecule has 2 aromatic rings. The predicted molar refractivity (Wildman–Crippen MR) is 111 cm³/mol. The number of rotatable bonds is 11. The van der Waals surface area contributed by atoms with E-state index in [9.17, 15) is 0 Å². The molecule has 0 heterocycles. The molecule has 0 fully saturated rings. The third kappa shape index (κ3) is 7.26. The lowest BCUT2D eigenvalue weighted by Crippen LogP contribution is -2.15. The topological polar surface area (TPSA) is 42.5 Å². The van der Waals surface area contributed by atoms with Gasteiger partial charge in [-0.3, -0.25) is 0 Å². The highest BCUT2D eigenvalue weighted by atomic mass is 16.5. The van der Waals surface area contributed by atoms with Gasteiger partial charge in [0.25, 0.3) is 0 Å². The fraction of sp³-hybridized carbons (Fsp3) is 0.455. The molecule has 0 bridgehead atoms. The Morgan fingerprint density at radius 2 is 1.65 bits per heavy atom. The van der Waals surface area contributed by atoms with Crippen LogP contribution < -0.4 is 20.1 Å². The zero-order valence-corrected chi connectivity index (χ0v) is 16.4. The quantitative estimate of drug-likeness (QED) is 0.527. The van der Waals surface area contributed by atoms with Crippen molar-refractivity contribution in [2.75, 3.05) is 30.3 Å². The van der Waals surface area contributed by atoms with Gasteiger partial charge in [-0.25, -0.2) is 0 Å². The molecule has 0 atom stereocenters. The zero-order valence-electron chi connectivity index (χ0n) is 16.4. The lowest BCUT2D eigenvalue weighted by atomic mass is 10.1. The number of hydrogen-bond donors (Lipinski definition) is 2. The summed E-state index contributed by atoms with van der Waals surface area (Å²) in [6.45, 7) is 10.9. The van der Waals surface area contributed by atoms with Crippen LogP contribution in [0, 0.1) is 5.92 Å². The van der Waals surface area contributed by atoms with E-state index < -0.39 is 0 Å². The van der Waals surface area contributed by atoms with Crippen LogP contribution in [0.2, 0.25) is 0 Å². The van der Waals surface area contributed by atoms with Crippen molar-refractivity contribution in [3.05, 3.63) is 48.5 Å². The second-order valence-corrected chi connectivity index (χ2v) is 7.08. The summed E-state index contributed by atoms with van der Waals surface area (Å²) in [6, 6.07) is 16.2. The van der Waals surface area contributed by atoms with Gasteiger partial charge in [0.15, 0.2) is 0 Å². The van der Waals surface area contributed by atoms with E-state index >= 15 is 0 Å². The molecule has 0 spiro atoms. The molecule has 0 aromatic heterocycles. The summed E-state index contributed by atoms with van der Waals surface area (Å²) < 4.78 is 11.6. The summed E-state index contributed by atoms with van der Waals surface area (Å²) in [5.74, 6) is 2.47. The van der Waals surface area contributed by atoms with Crippen LogP contribution in [-0.2, 0) is 0 Å². The summed E-state index contributed by atoms with van der Waals surface area (Å²) in [4.78, 5) is 0. The molecule has 0 saturated heterocycles. The Morgan fingerprint density at radius 1 is 0.885 bits per heavy atom. The van der Waals surface area contributed by atoms with Crippen molar-refractivity contribution < 1.29 is 9.47 Å². The van der Waals surface area contributed by atoms with Crippen LogP contribution >= 0.6 is 0 Å². The van der Waals surface area contributed by atoms with Gasteiger partial charge < -0.3 is 20.1 Å². The Hall–Kier alpha value is -2.36. The summed E-state index contributed by atoms with van der Waals surface area (Å²) in [5.41, 5.74) is 2.09. The van der Waals surface area contributed by atoms with Gasteiger partial charge in [0, 0.05) is 24.8 Å². The number of hydrogen-bond acceptors (Lipinski definition) is 4. The fourth-order valence-corrected chi connectivity index (χ4v) is 2.48. The second-order valence-electron chi connectivity index (χ2n) is 7.08. The van der Waals surface area contributed by atoms with Gasteiger partial charge in [-0.05, 0) is 50.5 Å². The van der Waals surface area contributed by atoms with E-state index in [1.165, 1.54) is 0 Å². The lowest BCUT2D eigenvalue weighted by Gasteiger charge is -2.16. The molecule has 0 aliphatic heterocycles. The Balaban J connectivity index is 1.78. The van der Waals surface area contributed by atoms with Gasteiger partial charge in [0.2, 0.25) is 0 Å². The third-order valence-corrected chi connectivity index (χ3v) is 3.82. The highest BCUT2D eigenvalue weighted by Crippen LogP contribution is 2.24. The highest BCUT2D eigenvalue weighted by Gasteiger charge is 2.04. The van der Waals surface area contributed by atoms with Crippen LogP contribution in [0.5, 0.6) is 11.5 Å². The molecule has 2 aromatic carbocycles. The smallest absolute Gasteiger partial charge is 0.142 e. The molecular weight excluding hydrogens is 324 g/mol. The van der Waals surface area contributed by atoms with Crippen LogP contribution in [0.1, 0.15) is 34.1 Å². The van der Waals surface area contributed by atoms with E-state index in [0.29, 0.717) is 5.92 Å². The first-order chi connectivity index (χ1) is 12.5. The van der Waals surface area contributed by atoms with E-state index in [-0.39, 0.29) is 6.10 Å². The summed E-state index contributed by atoms with van der Waals surface area (Å²) in [7, 11) is 0. The summed E-state index contributed by atoms with van der Waals surface area (Å²) in [5, 5.41) is 6.86. The molecule has 26 heavy (non-hydrogen) atoms. The molecule has 2 N–H and O–H groups in total. The first-order valence-electron chi connectivity index (χ1n) is 9.51. The van der Waals surface area contributed by atoms with Crippen LogP contribution in [0.25, 0.3) is 0 Å². The third-order valence-electron chi connectivity index (χ3n) is 3.82. The van der Waals surface area contributed by atoms with Crippen molar-refractivity contribution in [1.29, 1.82) is 0 Å². The van der Waals surface area contributed by atoms with Gasteiger partial charge in [-0.1, -0.05) is 32.0 Å². The van der Waals surface area contributed by atoms with Crippen LogP contribution in [0.4, 0.5) is 11.4 Å². The van der Waals surface area contributed by atoms with Gasteiger partial charge >= 0.3 is 0 Å². The maximum Gasteiger partial charge on any atom is 0.142 e. The summed E-state index contributed by atoms with van der Waals surface area (Å²) in [6.07, 6.45) is 1.23. The monoisotopic (exact) mass is 356 g/mol. The first kappa shape index (κ1) is 20.0. The first-order valence-corrected chi connectivity index (χ1v) is 9.51. The van der Waals surface area contributed by atoms with Gasteiger partial charge in [-0.2, -0.15) is 0 Å². The lowest BCUT2D eigenvalue weighted by molar-refractivity contribution is 0.243. The molecule has 0 radical (unpaired) electrons. The van der Waals surface area contributed by atoms with E-state index in [0.717, 1.165) is 49.0 Å². The maximum atomic E-state index is 5.83. The molecule has 0 aliphatic carbocycles. The SMILES string of the molecule is CC(C)CCOc1cccc(NCCNc2ccccc2OC(C)C)c1. The summed E-state index contributed by atoms with van der Waals surface area (Å²) >= 11 is 0. The van der Waals surface area contributed by atoms with Gasteiger partial charge in [0.05, 0.1) is 18.4 Å². The van der Waals surface area contributed by atoms with Crippen LogP contribution in [0.3, 0.4) is 0 Å². The fourth-order valence-electron chi connectivity index (χ4n) is 2.48. The number of ether oxygens (including phenoxy) is 2. The molecule has 142 valence electrons. The Labute approximate surface area is 157 Å². The van der Waals surface area contributed by atoms with E-state index in [4.69, 9.17) is 9.47 Å². The maximum absolute atomic E-state index is 5.83. The van der Waals surface area contributed by atoms with Crippen molar-refractivity contribution in [2.45, 2.75) is 40.2 Å². The molecule has 2 rings (SSSR count). The molecule has 4 nitrogen and oxygen atoms in total. The average molecular weight is 357 g/mol. The number of benzene rings is 2. The van der Waals surface area contributed by atoms with E-state index in [2.05, 4.69) is 36.6 Å². The standard InChI is InChI=1S/C22H32N2O2/c1-17(2)12-15-25-20-9-7-8-19(16-20)23-13-14-24-21-10-5-6-11-22(21)26-18(3)4/h5-11,16-18,23-24H,12-15H2,1-4H3. The van der Waals surface area contributed by atoms with E-state index in [1.807, 2.05) is 50.2 Å². The Bertz CT molecular complexity index is 656. The van der Waals surface area contributed by atoms with Gasteiger partial charge in [0.1, 0.15) is 11.5 Å². The van der Waals surface area contributed by atoms with Crippen molar-refractivity contribution in [1.82, 2.24) is 0 Å². The van der Waals surface area contributed by atoms with Crippen molar-refractivity contribution in [3.8, 4) is 11.5 Å². The largest absolute Gasteiger partial charge is 0.494 e. The zero-order chi connectivity index (χ0) is 18.8. The Kier molecular flexibility index (Phi) is 8.13. The molecule has 0 saturated carbocycles. The number of nitrogens with one attached hydrogen (secondary N) is 2. The molecule has 0 aliphatic rings. The minimum Gasteiger partial charge on any atom is -0.494 e. The predicted octanol–water partition coefficient (Wildman–Crippen LogP) is 5.42. The van der Waals surface area contributed by atoms with Crippen molar-refractivity contribution >= 4 is 11.4 Å². The highest BCUT2D eigenvalue weighted by molar-refractivity contribution is 5.56. The average Bonchev–Trinajstić information content (AvgIpc) is 2.60. The van der Waals surface area contributed by atoms with Gasteiger partial charge in [-0.15, -0.1) is 0 Å². The van der Waals surface area contributed by atoms with Crippen molar-refractivity contribution in [2.24, 2.45) is 5.92 Å².